The zero-order chi connectivity index (χ0) is 21.6. The average Bonchev–Trinajstić information content (AvgIpc) is 2.53. The lowest BCUT2D eigenvalue weighted by Crippen LogP contribution is -2.49. The predicted molar refractivity (Wildman–Crippen MR) is 101 cm³/mol. The molecule has 0 unspecified atom stereocenters. The molecule has 0 saturated carbocycles. The number of hydrogen-bond donors (Lipinski definition) is 2. The molecule has 28 heavy (non-hydrogen) atoms. The van der Waals surface area contributed by atoms with Crippen LogP contribution in [-0.2, 0) is 39.8 Å². The van der Waals surface area contributed by atoms with E-state index in [9.17, 15) is 34.8 Å². The molecule has 0 spiro atoms. The molecule has 15 heteroatoms. The summed E-state index contributed by atoms with van der Waals surface area (Å²) in [6, 6.07) is 0. The number of hydrogen-bond acceptors (Lipinski definition) is 8. The second-order valence-electron chi connectivity index (χ2n) is 6.34. The van der Waals surface area contributed by atoms with Crippen LogP contribution in [0.1, 0.15) is 33.1 Å². The van der Waals surface area contributed by atoms with Gasteiger partial charge < -0.3 is 0 Å². The molecule has 0 aromatic rings. The Hall–Kier alpha value is -1.29. The van der Waals surface area contributed by atoms with E-state index >= 15 is 0 Å². The van der Waals surface area contributed by atoms with Gasteiger partial charge in [0.05, 0.1) is 11.5 Å². The van der Waals surface area contributed by atoms with Gasteiger partial charge in [-0.1, -0.05) is 6.42 Å². The highest BCUT2D eigenvalue weighted by molar-refractivity contribution is 7.92. The predicted octanol–water partition coefficient (Wildman–Crippen LogP) is -2.05. The first-order chi connectivity index (χ1) is 12.8. The van der Waals surface area contributed by atoms with Gasteiger partial charge in [0.15, 0.2) is 9.84 Å². The van der Waals surface area contributed by atoms with Crippen molar-refractivity contribution in [3.05, 3.63) is 0 Å². The van der Waals surface area contributed by atoms with Crippen LogP contribution in [0, 0.1) is 0 Å². The number of rotatable bonds is 4. The molecule has 2 amide bonds. The second-order valence-corrected chi connectivity index (χ2v) is 12.0. The summed E-state index contributed by atoms with van der Waals surface area (Å²) in [5, 5.41) is 0. The van der Waals surface area contributed by atoms with Crippen molar-refractivity contribution >= 4 is 42.1 Å². The fourth-order valence-corrected chi connectivity index (χ4v) is 6.35. The number of piperidine rings is 1. The van der Waals surface area contributed by atoms with Gasteiger partial charge in [0.1, 0.15) is 0 Å². The van der Waals surface area contributed by atoms with Gasteiger partial charge in [0.25, 0.3) is 0 Å². The molecule has 0 bridgehead atoms. The van der Waals surface area contributed by atoms with E-state index < -0.39 is 42.1 Å². The van der Waals surface area contributed by atoms with Crippen molar-refractivity contribution in [1.29, 1.82) is 0 Å². The van der Waals surface area contributed by atoms with Gasteiger partial charge in [-0.05, 0) is 12.8 Å². The van der Waals surface area contributed by atoms with Gasteiger partial charge >= 0.3 is 20.4 Å². The van der Waals surface area contributed by atoms with E-state index in [-0.39, 0.29) is 24.6 Å². The summed E-state index contributed by atoms with van der Waals surface area (Å²) in [5.74, 6) is -1.63. The van der Waals surface area contributed by atoms with E-state index in [1.54, 1.807) is 4.72 Å². The van der Waals surface area contributed by atoms with Crippen molar-refractivity contribution in [2.45, 2.75) is 33.1 Å². The molecular formula is C13H26N4O8S3. The van der Waals surface area contributed by atoms with Crippen molar-refractivity contribution in [1.82, 2.24) is 18.1 Å². The zero-order valence-corrected chi connectivity index (χ0v) is 18.2. The maximum Gasteiger partial charge on any atom is 0.303 e. The van der Waals surface area contributed by atoms with Gasteiger partial charge in [-0.25, -0.2) is 17.9 Å². The quantitative estimate of drug-likeness (QED) is 0.481. The third-order valence-corrected chi connectivity index (χ3v) is 8.63. The Morgan fingerprint density at radius 2 is 1.07 bits per heavy atom. The Labute approximate surface area is 165 Å². The molecule has 2 N–H and O–H groups in total. The fraction of sp³-hybridized carbons (Fsp3) is 0.846. The highest BCUT2D eigenvalue weighted by Gasteiger charge is 2.30. The second kappa shape index (κ2) is 9.96. The molecule has 2 rings (SSSR count). The number of carbonyl (C=O) groups is 2. The lowest BCUT2D eigenvalue weighted by atomic mass is 10.2. The fourth-order valence-electron chi connectivity index (χ4n) is 2.53. The smallest absolute Gasteiger partial charge is 0.274 e. The van der Waals surface area contributed by atoms with E-state index in [1.165, 1.54) is 11.2 Å². The monoisotopic (exact) mass is 462 g/mol. The largest absolute Gasteiger partial charge is 0.303 e. The van der Waals surface area contributed by atoms with Gasteiger partial charge in [-0.3, -0.25) is 9.59 Å². The maximum atomic E-state index is 11.4. The Balaban J connectivity index is 0.000000283. The van der Waals surface area contributed by atoms with E-state index in [0.717, 1.165) is 30.5 Å². The Morgan fingerprint density at radius 3 is 1.43 bits per heavy atom. The minimum atomic E-state index is -3.86. The molecule has 2 fully saturated rings. The molecular weight excluding hydrogens is 436 g/mol. The minimum absolute atomic E-state index is 0.106. The topological polar surface area (TPSA) is 167 Å². The average molecular weight is 463 g/mol. The first-order valence-corrected chi connectivity index (χ1v) is 13.2. The van der Waals surface area contributed by atoms with Crippen molar-refractivity contribution < 1.29 is 34.8 Å². The summed E-state index contributed by atoms with van der Waals surface area (Å²) in [5.41, 5.74) is 0. The van der Waals surface area contributed by atoms with Crippen LogP contribution in [0.4, 0.5) is 0 Å². The Kier molecular flexibility index (Phi) is 8.80. The van der Waals surface area contributed by atoms with Gasteiger partial charge in [-0.2, -0.15) is 25.4 Å². The van der Waals surface area contributed by atoms with Gasteiger partial charge in [0, 0.05) is 40.0 Å². The number of nitrogens with zero attached hydrogens (tertiary/aromatic N) is 2. The van der Waals surface area contributed by atoms with Crippen LogP contribution in [0.3, 0.4) is 0 Å². The highest BCUT2D eigenvalue weighted by atomic mass is 32.2. The molecule has 0 atom stereocenters. The maximum absolute atomic E-state index is 11.4. The van der Waals surface area contributed by atoms with Crippen LogP contribution in [0.25, 0.3) is 0 Å². The lowest BCUT2D eigenvalue weighted by Gasteiger charge is -2.25. The number of sulfone groups is 1. The Morgan fingerprint density at radius 1 is 0.714 bits per heavy atom. The summed E-state index contributed by atoms with van der Waals surface area (Å²) >= 11 is 0. The van der Waals surface area contributed by atoms with Crippen molar-refractivity contribution in [3.63, 3.8) is 0 Å². The Bertz CT molecular complexity index is 863. The molecule has 2 aliphatic rings. The first-order valence-electron chi connectivity index (χ1n) is 8.52. The molecule has 0 aliphatic carbocycles. The van der Waals surface area contributed by atoms with Crippen LogP contribution in [0.5, 0.6) is 0 Å². The summed E-state index contributed by atoms with van der Waals surface area (Å²) < 4.78 is 73.7. The number of amides is 2. The number of nitrogens with one attached hydrogen (secondary N) is 2. The zero-order valence-electron chi connectivity index (χ0n) is 15.7. The molecule has 0 aromatic carbocycles. The van der Waals surface area contributed by atoms with Crippen molar-refractivity contribution in [3.8, 4) is 0 Å². The molecule has 164 valence electrons. The standard InChI is InChI=1S/C7H14N2O3S.C6H12N2O5S2/c1-7(10)8-13(11,12)9-5-3-2-4-6-9;1-6(9)7-15(12,13)8-2-4-14(10,11)5-3-8/h2-6H2,1H3,(H,8,10);2-5H2,1H3,(H,7,9). The van der Waals surface area contributed by atoms with E-state index in [2.05, 4.69) is 0 Å². The number of carbonyl (C=O) groups excluding carboxylic acids is 2. The molecule has 12 nitrogen and oxygen atoms in total. The lowest BCUT2D eigenvalue weighted by molar-refractivity contribution is -0.118. The van der Waals surface area contributed by atoms with Gasteiger partial charge in [-0.15, -0.1) is 0 Å². The minimum Gasteiger partial charge on any atom is -0.274 e. The van der Waals surface area contributed by atoms with Crippen LogP contribution >= 0.6 is 0 Å². The van der Waals surface area contributed by atoms with Crippen LogP contribution in [0.15, 0.2) is 0 Å². The molecule has 0 aromatic heterocycles. The molecule has 2 aliphatic heterocycles. The SMILES string of the molecule is CC(=O)NS(=O)(=O)N1CCCCC1.CC(=O)NS(=O)(=O)N1CCS(=O)(=O)CC1. The summed E-state index contributed by atoms with van der Waals surface area (Å²) in [6.07, 6.45) is 2.81. The first kappa shape index (κ1) is 24.7. The van der Waals surface area contributed by atoms with Crippen LogP contribution < -0.4 is 9.44 Å². The van der Waals surface area contributed by atoms with Crippen LogP contribution in [-0.4, -0.2) is 83.4 Å². The van der Waals surface area contributed by atoms with E-state index in [1.807, 2.05) is 4.72 Å². The van der Waals surface area contributed by atoms with E-state index in [4.69, 9.17) is 0 Å². The molecule has 2 heterocycles. The van der Waals surface area contributed by atoms with Gasteiger partial charge in [0.2, 0.25) is 11.8 Å². The summed E-state index contributed by atoms with van der Waals surface area (Å²) in [7, 11) is -10.5. The molecule has 0 radical (unpaired) electrons. The van der Waals surface area contributed by atoms with Crippen LogP contribution in [0.2, 0.25) is 0 Å². The van der Waals surface area contributed by atoms with E-state index in [0.29, 0.717) is 13.1 Å². The summed E-state index contributed by atoms with van der Waals surface area (Å²) in [6.45, 7) is 3.10. The normalized spacial score (nSPS) is 21.1. The molecule has 2 saturated heterocycles. The third-order valence-electron chi connectivity index (χ3n) is 3.84. The highest BCUT2D eigenvalue weighted by Crippen LogP contribution is 2.11. The van der Waals surface area contributed by atoms with Crippen molar-refractivity contribution in [2.24, 2.45) is 0 Å². The summed E-state index contributed by atoms with van der Waals surface area (Å²) in [4.78, 5) is 21.2. The third kappa shape index (κ3) is 8.38. The van der Waals surface area contributed by atoms with Crippen molar-refractivity contribution in [2.75, 3.05) is 37.7 Å².